The third kappa shape index (κ3) is 4.86. The van der Waals surface area contributed by atoms with Gasteiger partial charge in [0.05, 0.1) is 11.8 Å². The second-order valence-electron chi connectivity index (χ2n) is 7.73. The molecular formula is C27H22N2O3S. The number of carbonyl (C=O) groups excluding carboxylic acids is 1. The number of aryl methyl sites for hydroxylation is 1. The maximum absolute atomic E-state index is 13.0. The Morgan fingerprint density at radius 2 is 1.61 bits per heavy atom. The summed E-state index contributed by atoms with van der Waals surface area (Å²) in [5.41, 5.74) is 4.75. The van der Waals surface area contributed by atoms with Crippen LogP contribution in [0.2, 0.25) is 0 Å². The number of hydrogen-bond acceptors (Lipinski definition) is 5. The Labute approximate surface area is 195 Å². The van der Waals surface area contributed by atoms with E-state index in [0.717, 1.165) is 27.8 Å². The Hall–Kier alpha value is -3.77. The first-order chi connectivity index (χ1) is 16.2. The number of amides is 1. The molecule has 1 N–H and O–H groups in total. The van der Waals surface area contributed by atoms with Crippen LogP contribution in [0.15, 0.2) is 105 Å². The average Bonchev–Trinajstić information content (AvgIpc) is 3.49. The van der Waals surface area contributed by atoms with Crippen LogP contribution in [0.1, 0.15) is 39.0 Å². The molecule has 3 aromatic carbocycles. The molecule has 0 spiro atoms. The summed E-state index contributed by atoms with van der Waals surface area (Å²) < 4.78 is 11.6. The van der Waals surface area contributed by atoms with Crippen molar-refractivity contribution in [3.05, 3.63) is 119 Å². The first-order valence-corrected chi connectivity index (χ1v) is 11.6. The highest BCUT2D eigenvalue weighted by Gasteiger charge is 2.20. The van der Waals surface area contributed by atoms with Crippen molar-refractivity contribution in [2.45, 2.75) is 23.9 Å². The molecular weight excluding hydrogens is 432 g/mol. The van der Waals surface area contributed by atoms with Gasteiger partial charge >= 0.3 is 0 Å². The number of rotatable bonds is 7. The zero-order chi connectivity index (χ0) is 22.6. The van der Waals surface area contributed by atoms with Crippen LogP contribution in [0.5, 0.6) is 0 Å². The van der Waals surface area contributed by atoms with Crippen LogP contribution in [0.3, 0.4) is 0 Å². The van der Waals surface area contributed by atoms with E-state index in [4.69, 9.17) is 8.83 Å². The zero-order valence-electron chi connectivity index (χ0n) is 18.0. The van der Waals surface area contributed by atoms with Gasteiger partial charge in [0.25, 0.3) is 11.1 Å². The summed E-state index contributed by atoms with van der Waals surface area (Å²) in [7, 11) is 0. The third-order valence-electron chi connectivity index (χ3n) is 5.29. The van der Waals surface area contributed by atoms with E-state index in [2.05, 4.69) is 10.3 Å². The quantitative estimate of drug-likeness (QED) is 0.283. The Bertz CT molecular complexity index is 1340. The largest absolute Gasteiger partial charge is 0.455 e. The van der Waals surface area contributed by atoms with Gasteiger partial charge in [0, 0.05) is 0 Å². The minimum atomic E-state index is -0.272. The first-order valence-electron chi connectivity index (χ1n) is 10.7. The van der Waals surface area contributed by atoms with E-state index in [1.54, 1.807) is 6.07 Å². The van der Waals surface area contributed by atoms with Crippen LogP contribution in [-0.2, 0) is 5.75 Å². The molecule has 0 aliphatic heterocycles. The van der Waals surface area contributed by atoms with Crippen LogP contribution in [-0.4, -0.2) is 10.9 Å². The Kier molecular flexibility index (Phi) is 6.00. The first kappa shape index (κ1) is 21.1. The van der Waals surface area contributed by atoms with Gasteiger partial charge in [-0.2, -0.15) is 0 Å². The summed E-state index contributed by atoms with van der Waals surface area (Å²) >= 11 is 1.43. The van der Waals surface area contributed by atoms with E-state index >= 15 is 0 Å². The van der Waals surface area contributed by atoms with Crippen LogP contribution in [0.4, 0.5) is 0 Å². The number of oxazole rings is 1. The highest BCUT2D eigenvalue weighted by Crippen LogP contribution is 2.28. The van der Waals surface area contributed by atoms with Crippen LogP contribution < -0.4 is 5.32 Å². The van der Waals surface area contributed by atoms with Crippen LogP contribution in [0.25, 0.3) is 11.1 Å². The molecule has 164 valence electrons. The van der Waals surface area contributed by atoms with Crippen molar-refractivity contribution in [3.8, 4) is 0 Å². The molecule has 0 aliphatic carbocycles. The molecule has 0 bridgehead atoms. The molecule has 1 amide bonds. The Balaban J connectivity index is 1.28. The molecule has 5 nitrogen and oxygen atoms in total. The Morgan fingerprint density at radius 3 is 2.30 bits per heavy atom. The fourth-order valence-corrected chi connectivity index (χ4v) is 4.37. The van der Waals surface area contributed by atoms with E-state index < -0.39 is 0 Å². The maximum atomic E-state index is 13.0. The van der Waals surface area contributed by atoms with Gasteiger partial charge in [-0.3, -0.25) is 4.79 Å². The number of hydrogen-bond donors (Lipinski definition) is 1. The van der Waals surface area contributed by atoms with Crippen LogP contribution in [0, 0.1) is 6.92 Å². The number of furan rings is 1. The minimum Gasteiger partial charge on any atom is -0.455 e. The van der Waals surface area contributed by atoms with Crippen molar-refractivity contribution in [1.82, 2.24) is 10.3 Å². The van der Waals surface area contributed by atoms with E-state index in [0.29, 0.717) is 16.7 Å². The van der Waals surface area contributed by atoms with Gasteiger partial charge in [-0.1, -0.05) is 78.5 Å². The minimum absolute atomic E-state index is 0.263. The fraction of sp³-hybridized carbons (Fsp3) is 0.111. The second-order valence-corrected chi connectivity index (χ2v) is 8.66. The lowest BCUT2D eigenvalue weighted by Crippen LogP contribution is -2.29. The summed E-state index contributed by atoms with van der Waals surface area (Å²) in [6, 6.07) is 29.0. The van der Waals surface area contributed by atoms with Crippen molar-refractivity contribution in [2.24, 2.45) is 0 Å². The molecule has 0 aliphatic rings. The summed E-state index contributed by atoms with van der Waals surface area (Å²) in [4.78, 5) is 17.5. The average molecular weight is 455 g/mol. The molecule has 0 fully saturated rings. The highest BCUT2D eigenvalue weighted by atomic mass is 32.2. The van der Waals surface area contributed by atoms with Gasteiger partial charge in [0.15, 0.2) is 11.3 Å². The van der Waals surface area contributed by atoms with Crippen molar-refractivity contribution in [3.63, 3.8) is 0 Å². The number of carbonyl (C=O) groups is 1. The summed E-state index contributed by atoms with van der Waals surface area (Å²) in [6.45, 7) is 2.02. The molecule has 2 aromatic heterocycles. The number of benzene rings is 3. The summed E-state index contributed by atoms with van der Waals surface area (Å²) in [5.74, 6) is 1.20. The number of aromatic nitrogens is 1. The van der Waals surface area contributed by atoms with E-state index in [-0.39, 0.29) is 17.7 Å². The van der Waals surface area contributed by atoms with Crippen LogP contribution >= 0.6 is 11.8 Å². The molecule has 0 unspecified atom stereocenters. The monoisotopic (exact) mass is 454 g/mol. The molecule has 0 saturated carbocycles. The molecule has 0 radical (unpaired) electrons. The molecule has 0 atom stereocenters. The molecule has 6 heteroatoms. The lowest BCUT2D eigenvalue weighted by atomic mass is 9.98. The van der Waals surface area contributed by atoms with Gasteiger partial charge in [-0.25, -0.2) is 4.98 Å². The lowest BCUT2D eigenvalue weighted by Gasteiger charge is -2.19. The summed E-state index contributed by atoms with van der Waals surface area (Å²) in [5, 5.41) is 3.68. The van der Waals surface area contributed by atoms with Gasteiger partial charge in [0.1, 0.15) is 11.3 Å². The fourth-order valence-electron chi connectivity index (χ4n) is 3.64. The van der Waals surface area contributed by atoms with Gasteiger partial charge in [-0.15, -0.1) is 0 Å². The SMILES string of the molecule is Cc1ccc2oc(SCc3ccc(C(=O)NC(c4ccccc4)c4ccccc4)o3)nc2c1. The number of thioether (sulfide) groups is 1. The van der Waals surface area contributed by atoms with Crippen molar-refractivity contribution in [1.29, 1.82) is 0 Å². The molecule has 33 heavy (non-hydrogen) atoms. The predicted molar refractivity (Wildman–Crippen MR) is 129 cm³/mol. The van der Waals surface area contributed by atoms with E-state index in [1.165, 1.54) is 11.8 Å². The maximum Gasteiger partial charge on any atom is 0.287 e. The zero-order valence-corrected chi connectivity index (χ0v) is 18.8. The normalized spacial score (nSPS) is 11.2. The Morgan fingerprint density at radius 1 is 0.909 bits per heavy atom. The highest BCUT2D eigenvalue weighted by molar-refractivity contribution is 7.98. The topological polar surface area (TPSA) is 68.3 Å². The van der Waals surface area contributed by atoms with Crippen molar-refractivity contribution < 1.29 is 13.6 Å². The van der Waals surface area contributed by atoms with E-state index in [9.17, 15) is 4.79 Å². The standard InChI is InChI=1S/C27H22N2O3S/c1-18-12-14-23-22(16-18)28-27(32-23)33-17-21-13-15-24(31-21)26(30)29-25(19-8-4-2-5-9-19)20-10-6-3-7-11-20/h2-16,25H,17H2,1H3,(H,29,30). The molecule has 0 saturated heterocycles. The van der Waals surface area contributed by atoms with E-state index in [1.807, 2.05) is 91.9 Å². The molecule has 5 rings (SSSR count). The van der Waals surface area contributed by atoms with Crippen molar-refractivity contribution in [2.75, 3.05) is 0 Å². The third-order valence-corrected chi connectivity index (χ3v) is 6.14. The molecule has 2 heterocycles. The lowest BCUT2D eigenvalue weighted by molar-refractivity contribution is 0.0913. The van der Waals surface area contributed by atoms with Crippen molar-refractivity contribution >= 4 is 28.8 Å². The number of nitrogens with one attached hydrogen (secondary N) is 1. The number of nitrogens with zero attached hydrogens (tertiary/aromatic N) is 1. The second kappa shape index (κ2) is 9.38. The van der Waals surface area contributed by atoms with Gasteiger partial charge in [0.2, 0.25) is 0 Å². The number of fused-ring (bicyclic) bond motifs is 1. The van der Waals surface area contributed by atoms with Gasteiger partial charge < -0.3 is 14.2 Å². The van der Waals surface area contributed by atoms with Gasteiger partial charge in [-0.05, 0) is 47.9 Å². The molecule has 5 aromatic rings. The summed E-state index contributed by atoms with van der Waals surface area (Å²) in [6.07, 6.45) is 0. The smallest absolute Gasteiger partial charge is 0.287 e. The predicted octanol–water partition coefficient (Wildman–Crippen LogP) is 6.54.